The first-order chi connectivity index (χ1) is 7.31. The first kappa shape index (κ1) is 10.4. The summed E-state index contributed by atoms with van der Waals surface area (Å²) in [6, 6.07) is 0. The lowest BCUT2D eigenvalue weighted by Crippen LogP contribution is -2.17. The molecule has 80 valence electrons. The maximum Gasteiger partial charge on any atom is 0.0665 e. The molecule has 0 aromatic rings. The second-order valence-electron chi connectivity index (χ2n) is 4.36. The molecule has 0 aromatic heterocycles. The molecule has 0 bridgehead atoms. The van der Waals surface area contributed by atoms with Crippen molar-refractivity contribution < 1.29 is 5.11 Å². The molecule has 0 aromatic carbocycles. The average molecular weight is 202 g/mol. The van der Waals surface area contributed by atoms with E-state index in [1.54, 1.807) is 0 Å². The molecule has 2 aliphatic rings. The molecule has 0 amide bonds. The van der Waals surface area contributed by atoms with Crippen molar-refractivity contribution in [3.05, 3.63) is 49.1 Å². The second-order valence-corrected chi connectivity index (χ2v) is 4.36. The number of allylic oxidation sites excluding steroid dienone is 5. The fourth-order valence-electron chi connectivity index (χ4n) is 2.36. The molecule has 2 aliphatic carbocycles. The average Bonchev–Trinajstić information content (AvgIpc) is 2.85. The largest absolute Gasteiger partial charge is 0.392 e. The van der Waals surface area contributed by atoms with Gasteiger partial charge in [-0.25, -0.2) is 0 Å². The maximum absolute atomic E-state index is 9.96. The van der Waals surface area contributed by atoms with Crippen LogP contribution in [0.5, 0.6) is 0 Å². The Morgan fingerprint density at radius 2 is 1.73 bits per heavy atom. The monoisotopic (exact) mass is 202 g/mol. The number of hydrogen-bond donors (Lipinski definition) is 1. The molecule has 1 nitrogen and oxygen atoms in total. The lowest BCUT2D eigenvalue weighted by atomic mass is 9.99. The minimum atomic E-state index is -0.229. The minimum Gasteiger partial charge on any atom is -0.392 e. The van der Waals surface area contributed by atoms with Crippen LogP contribution in [0.3, 0.4) is 0 Å². The van der Waals surface area contributed by atoms with E-state index in [-0.39, 0.29) is 12.0 Å². The first-order valence-corrected chi connectivity index (χ1v) is 5.65. The molecule has 0 unspecified atom stereocenters. The fraction of sp³-hybridized carbons (Fsp3) is 0.429. The molecule has 0 heterocycles. The fourth-order valence-corrected chi connectivity index (χ4v) is 2.36. The summed E-state index contributed by atoms with van der Waals surface area (Å²) < 4.78 is 0. The van der Waals surface area contributed by atoms with Crippen molar-refractivity contribution in [2.24, 2.45) is 17.8 Å². The number of aliphatic hydroxyl groups is 1. The van der Waals surface area contributed by atoms with E-state index in [0.29, 0.717) is 11.8 Å². The molecule has 0 saturated heterocycles. The zero-order chi connectivity index (χ0) is 10.7. The summed E-state index contributed by atoms with van der Waals surface area (Å²) >= 11 is 0. The van der Waals surface area contributed by atoms with Gasteiger partial charge in [0.1, 0.15) is 0 Å². The number of rotatable bonds is 3. The summed E-state index contributed by atoms with van der Waals surface area (Å²) in [5, 5.41) is 9.96. The van der Waals surface area contributed by atoms with Gasteiger partial charge in [0.2, 0.25) is 0 Å². The van der Waals surface area contributed by atoms with E-state index in [1.807, 2.05) is 6.08 Å². The Labute approximate surface area is 91.5 Å². The van der Waals surface area contributed by atoms with Crippen LogP contribution in [0.4, 0.5) is 0 Å². The highest BCUT2D eigenvalue weighted by Crippen LogP contribution is 2.33. The molecule has 1 saturated carbocycles. The van der Waals surface area contributed by atoms with Crippen molar-refractivity contribution in [3.8, 4) is 0 Å². The third-order valence-corrected chi connectivity index (χ3v) is 3.37. The highest BCUT2D eigenvalue weighted by molar-refractivity contribution is 5.23. The van der Waals surface area contributed by atoms with Crippen LogP contribution in [-0.2, 0) is 0 Å². The Balaban J connectivity index is 1.92. The van der Waals surface area contributed by atoms with Gasteiger partial charge in [-0.3, -0.25) is 0 Å². The zero-order valence-electron chi connectivity index (χ0n) is 8.92. The number of hydrogen-bond acceptors (Lipinski definition) is 1. The van der Waals surface area contributed by atoms with Crippen molar-refractivity contribution in [2.75, 3.05) is 0 Å². The van der Waals surface area contributed by atoms with Crippen LogP contribution in [0.25, 0.3) is 0 Å². The van der Waals surface area contributed by atoms with Crippen LogP contribution in [0, 0.1) is 17.8 Å². The van der Waals surface area contributed by atoms with E-state index in [2.05, 4.69) is 43.0 Å². The van der Waals surface area contributed by atoms with Gasteiger partial charge in [-0.05, 0) is 12.8 Å². The molecule has 1 fully saturated rings. The Morgan fingerprint density at radius 3 is 2.33 bits per heavy atom. The van der Waals surface area contributed by atoms with Gasteiger partial charge in [-0.2, -0.15) is 0 Å². The Bertz CT molecular complexity index is 299. The van der Waals surface area contributed by atoms with Crippen molar-refractivity contribution in [1.29, 1.82) is 0 Å². The predicted molar refractivity (Wildman–Crippen MR) is 63.3 cm³/mol. The smallest absolute Gasteiger partial charge is 0.0665 e. The first-order valence-electron chi connectivity index (χ1n) is 5.65. The summed E-state index contributed by atoms with van der Waals surface area (Å²) in [6.07, 6.45) is 16.6. The van der Waals surface area contributed by atoms with E-state index in [0.717, 1.165) is 12.8 Å². The molecular formula is C14H18O. The topological polar surface area (TPSA) is 20.2 Å². The molecule has 1 N–H and O–H groups in total. The van der Waals surface area contributed by atoms with Gasteiger partial charge < -0.3 is 5.11 Å². The van der Waals surface area contributed by atoms with Gasteiger partial charge in [0.05, 0.1) is 6.10 Å². The molecule has 0 aliphatic heterocycles. The SMILES string of the molecule is C=C[C@@H]1CC[C@H](/C=C/C2C=CC=C2)[C@H]1O. The van der Waals surface area contributed by atoms with Crippen molar-refractivity contribution >= 4 is 0 Å². The standard InChI is InChI=1S/C14H18O/c1-2-12-9-10-13(14(12)15)8-7-11-5-3-4-6-11/h2-8,11-15H,1,9-10H2/b8-7+/t12-,13+,14+/m1/s1. The minimum absolute atomic E-state index is 0.229. The molecule has 15 heavy (non-hydrogen) atoms. The molecular weight excluding hydrogens is 184 g/mol. The van der Waals surface area contributed by atoms with Crippen LogP contribution >= 0.6 is 0 Å². The van der Waals surface area contributed by atoms with E-state index in [9.17, 15) is 5.11 Å². The van der Waals surface area contributed by atoms with Crippen LogP contribution in [0.15, 0.2) is 49.1 Å². The highest BCUT2D eigenvalue weighted by Gasteiger charge is 2.30. The Hall–Kier alpha value is -1.08. The summed E-state index contributed by atoms with van der Waals surface area (Å²) in [4.78, 5) is 0. The van der Waals surface area contributed by atoms with Gasteiger partial charge in [-0.15, -0.1) is 6.58 Å². The van der Waals surface area contributed by atoms with Crippen LogP contribution < -0.4 is 0 Å². The summed E-state index contributed by atoms with van der Waals surface area (Å²) in [5.74, 6) is 1.03. The van der Waals surface area contributed by atoms with Crippen molar-refractivity contribution in [3.63, 3.8) is 0 Å². The molecule has 2 rings (SSSR count). The number of aliphatic hydroxyl groups excluding tert-OH is 1. The summed E-state index contributed by atoms with van der Waals surface area (Å²) in [5.41, 5.74) is 0. The van der Waals surface area contributed by atoms with Crippen molar-refractivity contribution in [2.45, 2.75) is 18.9 Å². The molecule has 0 spiro atoms. The Morgan fingerprint density at radius 1 is 1.07 bits per heavy atom. The lowest BCUT2D eigenvalue weighted by molar-refractivity contribution is 0.126. The third kappa shape index (κ3) is 2.29. The van der Waals surface area contributed by atoms with E-state index < -0.39 is 0 Å². The van der Waals surface area contributed by atoms with Gasteiger partial charge in [-0.1, -0.05) is 42.5 Å². The molecule has 0 radical (unpaired) electrons. The van der Waals surface area contributed by atoms with Gasteiger partial charge in [0.15, 0.2) is 0 Å². The van der Waals surface area contributed by atoms with Crippen LogP contribution in [0.2, 0.25) is 0 Å². The lowest BCUT2D eigenvalue weighted by Gasteiger charge is -2.13. The normalized spacial score (nSPS) is 35.7. The quantitative estimate of drug-likeness (QED) is 0.698. The second kappa shape index (κ2) is 4.63. The zero-order valence-corrected chi connectivity index (χ0v) is 8.92. The maximum atomic E-state index is 9.96. The van der Waals surface area contributed by atoms with Gasteiger partial charge >= 0.3 is 0 Å². The highest BCUT2D eigenvalue weighted by atomic mass is 16.3. The third-order valence-electron chi connectivity index (χ3n) is 3.37. The van der Waals surface area contributed by atoms with Gasteiger partial charge in [0.25, 0.3) is 0 Å². The van der Waals surface area contributed by atoms with E-state index >= 15 is 0 Å². The molecule has 1 heteroatoms. The van der Waals surface area contributed by atoms with Crippen LogP contribution in [-0.4, -0.2) is 11.2 Å². The molecule has 3 atom stereocenters. The predicted octanol–water partition coefficient (Wildman–Crippen LogP) is 2.86. The summed E-state index contributed by atoms with van der Waals surface area (Å²) in [6.45, 7) is 3.76. The van der Waals surface area contributed by atoms with Crippen molar-refractivity contribution in [1.82, 2.24) is 0 Å². The summed E-state index contributed by atoms with van der Waals surface area (Å²) in [7, 11) is 0. The van der Waals surface area contributed by atoms with Gasteiger partial charge in [0, 0.05) is 17.8 Å². The van der Waals surface area contributed by atoms with Crippen LogP contribution in [0.1, 0.15) is 12.8 Å². The van der Waals surface area contributed by atoms with E-state index in [4.69, 9.17) is 0 Å². The van der Waals surface area contributed by atoms with E-state index in [1.165, 1.54) is 0 Å². The Kier molecular flexibility index (Phi) is 3.22.